The van der Waals surface area contributed by atoms with Crippen LogP contribution in [-0.2, 0) is 10.0 Å². The van der Waals surface area contributed by atoms with E-state index in [-0.39, 0.29) is 16.3 Å². The minimum Gasteiger partial charge on any atom is -0.353 e. The van der Waals surface area contributed by atoms with E-state index in [1.165, 1.54) is 16.4 Å². The smallest absolute Gasteiger partial charge is 0.272 e. The van der Waals surface area contributed by atoms with Crippen LogP contribution in [0.3, 0.4) is 0 Å². The van der Waals surface area contributed by atoms with E-state index in [0.717, 1.165) is 25.7 Å². The summed E-state index contributed by atoms with van der Waals surface area (Å²) in [5, 5.41) is 2.50. The van der Waals surface area contributed by atoms with Crippen LogP contribution in [0.15, 0.2) is 27.6 Å². The molecule has 2 aromatic rings. The van der Waals surface area contributed by atoms with Gasteiger partial charge in [-0.05, 0) is 50.5 Å². The SMILES string of the molecule is Cc1[nH]c(C(=O)Nc2ccc(Br)cc2F)c(C)c1S(=O)(=O)N1CCCCCC1. The van der Waals surface area contributed by atoms with Gasteiger partial charge in [-0.25, -0.2) is 12.8 Å². The van der Waals surface area contributed by atoms with Crippen molar-refractivity contribution in [3.8, 4) is 0 Å². The van der Waals surface area contributed by atoms with Crippen LogP contribution in [0.2, 0.25) is 0 Å². The third-order valence-corrected chi connectivity index (χ3v) is 7.60. The number of carbonyl (C=O) groups is 1. The molecule has 0 spiro atoms. The second-order valence-electron chi connectivity index (χ2n) is 6.98. The predicted molar refractivity (Wildman–Crippen MR) is 110 cm³/mol. The first-order valence-corrected chi connectivity index (χ1v) is 11.4. The second-order valence-corrected chi connectivity index (χ2v) is 9.77. The minimum atomic E-state index is -3.70. The van der Waals surface area contributed by atoms with Gasteiger partial charge >= 0.3 is 0 Å². The Morgan fingerprint density at radius 2 is 1.82 bits per heavy atom. The molecule has 0 saturated carbocycles. The maximum absolute atomic E-state index is 14.0. The van der Waals surface area contributed by atoms with E-state index >= 15 is 0 Å². The Bertz CT molecular complexity index is 996. The molecular weight excluding hydrogens is 449 g/mol. The molecule has 0 atom stereocenters. The van der Waals surface area contributed by atoms with Crippen molar-refractivity contribution in [2.24, 2.45) is 0 Å². The molecule has 152 valence electrons. The predicted octanol–water partition coefficient (Wildman–Crippen LogP) is 4.35. The van der Waals surface area contributed by atoms with Gasteiger partial charge in [-0.3, -0.25) is 4.79 Å². The van der Waals surface area contributed by atoms with Gasteiger partial charge in [0.2, 0.25) is 10.0 Å². The maximum Gasteiger partial charge on any atom is 0.272 e. The van der Waals surface area contributed by atoms with Crippen molar-refractivity contribution in [1.82, 2.24) is 9.29 Å². The van der Waals surface area contributed by atoms with Crippen LogP contribution in [0.1, 0.15) is 47.4 Å². The van der Waals surface area contributed by atoms with E-state index in [0.29, 0.717) is 28.8 Å². The van der Waals surface area contributed by atoms with Crippen LogP contribution in [0.5, 0.6) is 0 Å². The van der Waals surface area contributed by atoms with Gasteiger partial charge in [0.05, 0.1) is 5.69 Å². The molecule has 0 bridgehead atoms. The number of sulfonamides is 1. The van der Waals surface area contributed by atoms with Crippen molar-refractivity contribution >= 4 is 37.5 Å². The number of hydrogen-bond donors (Lipinski definition) is 2. The minimum absolute atomic E-state index is 0.0248. The highest BCUT2D eigenvalue weighted by Gasteiger charge is 2.32. The van der Waals surface area contributed by atoms with Crippen LogP contribution < -0.4 is 5.32 Å². The molecule has 1 aromatic carbocycles. The Kier molecular flexibility index (Phi) is 6.26. The Balaban J connectivity index is 1.91. The summed E-state index contributed by atoms with van der Waals surface area (Å²) < 4.78 is 42.4. The molecule has 2 N–H and O–H groups in total. The average molecular weight is 472 g/mol. The summed E-state index contributed by atoms with van der Waals surface area (Å²) in [7, 11) is -3.70. The summed E-state index contributed by atoms with van der Waals surface area (Å²) in [6.45, 7) is 4.20. The molecule has 3 rings (SSSR count). The number of nitrogens with zero attached hydrogens (tertiary/aromatic N) is 1. The van der Waals surface area contributed by atoms with E-state index in [1.54, 1.807) is 19.9 Å². The van der Waals surface area contributed by atoms with Gasteiger partial charge in [-0.2, -0.15) is 4.31 Å². The topological polar surface area (TPSA) is 82.3 Å². The van der Waals surface area contributed by atoms with Crippen LogP contribution >= 0.6 is 15.9 Å². The second kappa shape index (κ2) is 8.34. The van der Waals surface area contributed by atoms with Crippen molar-refractivity contribution in [2.75, 3.05) is 18.4 Å². The first kappa shape index (κ1) is 21.0. The third kappa shape index (κ3) is 4.16. The number of aryl methyl sites for hydroxylation is 1. The van der Waals surface area contributed by atoms with Gasteiger partial charge in [0.1, 0.15) is 16.4 Å². The van der Waals surface area contributed by atoms with Crippen molar-refractivity contribution in [1.29, 1.82) is 0 Å². The molecule has 9 heteroatoms. The molecule has 28 heavy (non-hydrogen) atoms. The quantitative estimate of drug-likeness (QED) is 0.694. The van der Waals surface area contributed by atoms with E-state index in [9.17, 15) is 17.6 Å². The molecule has 1 aromatic heterocycles. The normalized spacial score (nSPS) is 16.0. The zero-order valence-corrected chi connectivity index (χ0v) is 18.2. The largest absolute Gasteiger partial charge is 0.353 e. The number of H-pyrrole nitrogens is 1. The summed E-state index contributed by atoms with van der Waals surface area (Å²) in [6.07, 6.45) is 3.70. The number of amides is 1. The lowest BCUT2D eigenvalue weighted by Crippen LogP contribution is -2.32. The number of halogens is 2. The monoisotopic (exact) mass is 471 g/mol. The summed E-state index contributed by atoms with van der Waals surface area (Å²) in [5.41, 5.74) is 0.893. The highest BCUT2D eigenvalue weighted by atomic mass is 79.9. The van der Waals surface area contributed by atoms with Gasteiger partial charge in [0, 0.05) is 23.3 Å². The van der Waals surface area contributed by atoms with Crippen LogP contribution in [-0.4, -0.2) is 36.7 Å². The Morgan fingerprint density at radius 1 is 1.18 bits per heavy atom. The number of aromatic nitrogens is 1. The zero-order valence-electron chi connectivity index (χ0n) is 15.8. The summed E-state index contributed by atoms with van der Waals surface area (Å²) >= 11 is 3.17. The van der Waals surface area contributed by atoms with E-state index in [1.807, 2.05) is 0 Å². The number of anilines is 1. The van der Waals surface area contributed by atoms with Crippen molar-refractivity contribution in [3.05, 3.63) is 45.4 Å². The number of benzene rings is 1. The van der Waals surface area contributed by atoms with Gasteiger partial charge in [0.25, 0.3) is 5.91 Å². The summed E-state index contributed by atoms with van der Waals surface area (Å²) in [6, 6.07) is 4.30. The average Bonchev–Trinajstić information content (AvgIpc) is 2.80. The molecule has 1 saturated heterocycles. The molecule has 1 aliphatic rings. The van der Waals surface area contributed by atoms with Crippen LogP contribution in [0, 0.1) is 19.7 Å². The lowest BCUT2D eigenvalue weighted by atomic mass is 10.2. The van der Waals surface area contributed by atoms with Crippen LogP contribution in [0.4, 0.5) is 10.1 Å². The van der Waals surface area contributed by atoms with Gasteiger partial charge in [-0.15, -0.1) is 0 Å². The van der Waals surface area contributed by atoms with E-state index < -0.39 is 21.7 Å². The maximum atomic E-state index is 14.0. The van der Waals surface area contributed by atoms with Crippen LogP contribution in [0.25, 0.3) is 0 Å². The molecule has 6 nitrogen and oxygen atoms in total. The molecule has 0 aliphatic carbocycles. The summed E-state index contributed by atoms with van der Waals surface area (Å²) in [5.74, 6) is -1.17. The summed E-state index contributed by atoms with van der Waals surface area (Å²) in [4.78, 5) is 15.7. The Hall–Kier alpha value is -1.71. The van der Waals surface area contributed by atoms with Crippen molar-refractivity contribution in [3.63, 3.8) is 0 Å². The molecule has 0 radical (unpaired) electrons. The third-order valence-electron chi connectivity index (χ3n) is 4.94. The molecule has 2 heterocycles. The number of nitrogens with one attached hydrogen (secondary N) is 2. The number of carbonyl (C=O) groups excluding carboxylic acids is 1. The fourth-order valence-corrected chi connectivity index (χ4v) is 5.79. The highest BCUT2D eigenvalue weighted by Crippen LogP contribution is 2.29. The molecule has 1 fully saturated rings. The Labute approximate surface area is 172 Å². The number of rotatable bonds is 4. The van der Waals surface area contributed by atoms with Crippen molar-refractivity contribution in [2.45, 2.75) is 44.4 Å². The zero-order chi connectivity index (χ0) is 20.5. The first-order valence-electron chi connectivity index (χ1n) is 9.17. The first-order chi connectivity index (χ1) is 13.2. The standard InChI is InChI=1S/C19H23BrFN3O3S/c1-12-17(19(25)23-16-8-7-14(20)11-15(16)21)22-13(2)18(12)28(26,27)24-9-5-3-4-6-10-24/h7-8,11,22H,3-6,9-10H2,1-2H3,(H,23,25). The Morgan fingerprint density at radius 3 is 2.43 bits per heavy atom. The van der Waals surface area contributed by atoms with Gasteiger partial charge in [0.15, 0.2) is 0 Å². The lowest BCUT2D eigenvalue weighted by molar-refractivity contribution is 0.102. The van der Waals surface area contributed by atoms with Gasteiger partial charge in [-0.1, -0.05) is 28.8 Å². The fourth-order valence-electron chi connectivity index (χ4n) is 3.53. The number of hydrogen-bond acceptors (Lipinski definition) is 3. The number of aromatic amines is 1. The molecule has 1 aliphatic heterocycles. The molecule has 1 amide bonds. The highest BCUT2D eigenvalue weighted by molar-refractivity contribution is 9.10. The lowest BCUT2D eigenvalue weighted by Gasteiger charge is -2.20. The van der Waals surface area contributed by atoms with Gasteiger partial charge < -0.3 is 10.3 Å². The fraction of sp³-hybridized carbons (Fsp3) is 0.421. The molecular formula is C19H23BrFN3O3S. The van der Waals surface area contributed by atoms with E-state index in [4.69, 9.17) is 0 Å². The molecule has 0 unspecified atom stereocenters. The van der Waals surface area contributed by atoms with E-state index in [2.05, 4.69) is 26.2 Å². The van der Waals surface area contributed by atoms with Crippen molar-refractivity contribution < 1.29 is 17.6 Å².